The van der Waals surface area contributed by atoms with Crippen LogP contribution in [0, 0.1) is 0 Å². The van der Waals surface area contributed by atoms with E-state index in [9.17, 15) is 0 Å². The lowest BCUT2D eigenvalue weighted by atomic mass is 10.0. The lowest BCUT2D eigenvalue weighted by Crippen LogP contribution is -2.54. The second kappa shape index (κ2) is 5.83. The first kappa shape index (κ1) is 12.9. The van der Waals surface area contributed by atoms with Gasteiger partial charge in [-0.3, -0.25) is 4.90 Å². The van der Waals surface area contributed by atoms with E-state index in [1.807, 2.05) is 0 Å². The maximum absolute atomic E-state index is 5.89. The van der Waals surface area contributed by atoms with Gasteiger partial charge in [0.1, 0.15) is 0 Å². The number of ether oxygens (including phenoxy) is 1. The summed E-state index contributed by atoms with van der Waals surface area (Å²) in [5.41, 5.74) is 5.66. The van der Waals surface area contributed by atoms with Gasteiger partial charge < -0.3 is 10.5 Å². The predicted molar refractivity (Wildman–Crippen MR) is 64.0 cm³/mol. The molecule has 0 saturated carbocycles. The van der Waals surface area contributed by atoms with Gasteiger partial charge in [-0.15, -0.1) is 0 Å². The molecule has 1 atom stereocenters. The minimum absolute atomic E-state index is 0.0332. The lowest BCUT2D eigenvalue weighted by Gasteiger charge is -2.42. The first-order valence-electron chi connectivity index (χ1n) is 6.17. The molecule has 3 nitrogen and oxygen atoms in total. The molecule has 2 N–H and O–H groups in total. The zero-order valence-corrected chi connectivity index (χ0v) is 10.5. The molecule has 0 spiro atoms. The van der Waals surface area contributed by atoms with Crippen molar-refractivity contribution >= 4 is 0 Å². The summed E-state index contributed by atoms with van der Waals surface area (Å²) < 4.78 is 5.89. The van der Waals surface area contributed by atoms with Crippen LogP contribution in [0.5, 0.6) is 0 Å². The topological polar surface area (TPSA) is 38.5 Å². The maximum atomic E-state index is 5.89. The Morgan fingerprint density at radius 3 is 2.73 bits per heavy atom. The first-order valence-corrected chi connectivity index (χ1v) is 6.17. The van der Waals surface area contributed by atoms with E-state index in [1.165, 1.54) is 25.8 Å². The van der Waals surface area contributed by atoms with Crippen LogP contribution in [0.4, 0.5) is 0 Å². The fraction of sp³-hybridized carbons (Fsp3) is 1.00. The molecule has 0 aromatic rings. The van der Waals surface area contributed by atoms with Gasteiger partial charge >= 0.3 is 0 Å². The zero-order chi connectivity index (χ0) is 11.3. The standard InChI is InChI=1S/C12H26N2O/c1-4-5-6-7-14-9-11(8-13)15-12(2,3)10-14/h11H,4-10,13H2,1-3H3. The van der Waals surface area contributed by atoms with Gasteiger partial charge in [0.2, 0.25) is 0 Å². The van der Waals surface area contributed by atoms with Crippen LogP contribution in [-0.4, -0.2) is 42.8 Å². The van der Waals surface area contributed by atoms with Crippen molar-refractivity contribution in [2.75, 3.05) is 26.2 Å². The largest absolute Gasteiger partial charge is 0.368 e. The highest BCUT2D eigenvalue weighted by molar-refractivity contribution is 4.84. The van der Waals surface area contributed by atoms with E-state index in [1.54, 1.807) is 0 Å². The summed E-state index contributed by atoms with van der Waals surface area (Å²) in [7, 11) is 0. The molecule has 3 heteroatoms. The van der Waals surface area contributed by atoms with Crippen molar-refractivity contribution in [3.63, 3.8) is 0 Å². The summed E-state index contributed by atoms with van der Waals surface area (Å²) in [5.74, 6) is 0. The number of unbranched alkanes of at least 4 members (excludes halogenated alkanes) is 2. The number of rotatable bonds is 5. The molecule has 15 heavy (non-hydrogen) atoms. The van der Waals surface area contributed by atoms with E-state index < -0.39 is 0 Å². The van der Waals surface area contributed by atoms with E-state index in [0.717, 1.165) is 13.1 Å². The van der Waals surface area contributed by atoms with E-state index in [2.05, 4.69) is 25.7 Å². The molecule has 1 saturated heterocycles. The fourth-order valence-electron chi connectivity index (χ4n) is 2.30. The van der Waals surface area contributed by atoms with Crippen LogP contribution in [0.2, 0.25) is 0 Å². The van der Waals surface area contributed by atoms with Crippen LogP contribution in [0.1, 0.15) is 40.0 Å². The molecule has 90 valence electrons. The van der Waals surface area contributed by atoms with Gasteiger partial charge in [0.25, 0.3) is 0 Å². The highest BCUT2D eigenvalue weighted by Gasteiger charge is 2.32. The summed E-state index contributed by atoms with van der Waals surface area (Å²) in [6.07, 6.45) is 4.12. The molecule has 0 aliphatic carbocycles. The van der Waals surface area contributed by atoms with Crippen molar-refractivity contribution in [2.45, 2.75) is 51.7 Å². The smallest absolute Gasteiger partial charge is 0.0831 e. The van der Waals surface area contributed by atoms with Gasteiger partial charge in [-0.05, 0) is 26.8 Å². The molecule has 0 radical (unpaired) electrons. The quantitative estimate of drug-likeness (QED) is 0.707. The normalized spacial score (nSPS) is 26.8. The monoisotopic (exact) mass is 214 g/mol. The van der Waals surface area contributed by atoms with Gasteiger partial charge in [0.05, 0.1) is 11.7 Å². The Kier molecular flexibility index (Phi) is 5.03. The Bertz CT molecular complexity index is 182. The summed E-state index contributed by atoms with van der Waals surface area (Å²) in [4.78, 5) is 2.50. The van der Waals surface area contributed by atoms with Crippen LogP contribution in [0.3, 0.4) is 0 Å². The van der Waals surface area contributed by atoms with Crippen LogP contribution in [-0.2, 0) is 4.74 Å². The number of hydrogen-bond acceptors (Lipinski definition) is 3. The number of nitrogens with two attached hydrogens (primary N) is 1. The van der Waals surface area contributed by atoms with Gasteiger partial charge in [0, 0.05) is 19.6 Å². The van der Waals surface area contributed by atoms with Crippen molar-refractivity contribution in [1.82, 2.24) is 4.90 Å². The molecular weight excluding hydrogens is 188 g/mol. The Labute approximate surface area is 94.0 Å². The van der Waals surface area contributed by atoms with Gasteiger partial charge in [-0.2, -0.15) is 0 Å². The second-order valence-electron chi connectivity index (χ2n) is 5.18. The van der Waals surface area contributed by atoms with E-state index >= 15 is 0 Å². The molecule has 1 fully saturated rings. The van der Waals surface area contributed by atoms with Crippen molar-refractivity contribution in [2.24, 2.45) is 5.73 Å². The van der Waals surface area contributed by atoms with Crippen molar-refractivity contribution in [1.29, 1.82) is 0 Å². The highest BCUT2D eigenvalue weighted by atomic mass is 16.5. The average Bonchev–Trinajstić information content (AvgIpc) is 2.16. The molecule has 0 bridgehead atoms. The third-order valence-electron chi connectivity index (χ3n) is 2.89. The first-order chi connectivity index (χ1) is 7.07. The maximum Gasteiger partial charge on any atom is 0.0831 e. The van der Waals surface area contributed by atoms with Crippen molar-refractivity contribution in [3.8, 4) is 0 Å². The Morgan fingerprint density at radius 2 is 2.13 bits per heavy atom. The molecule has 1 unspecified atom stereocenters. The van der Waals surface area contributed by atoms with Crippen LogP contribution in [0.15, 0.2) is 0 Å². The number of hydrogen-bond donors (Lipinski definition) is 1. The molecule has 1 rings (SSSR count). The summed E-state index contributed by atoms with van der Waals surface area (Å²) in [5, 5.41) is 0. The fourth-order valence-corrected chi connectivity index (χ4v) is 2.30. The number of morpholine rings is 1. The minimum atomic E-state index is -0.0332. The van der Waals surface area contributed by atoms with Gasteiger partial charge in [-0.25, -0.2) is 0 Å². The summed E-state index contributed by atoms with van der Waals surface area (Å²) in [6, 6.07) is 0. The van der Waals surface area contributed by atoms with Crippen LogP contribution >= 0.6 is 0 Å². The Morgan fingerprint density at radius 1 is 1.40 bits per heavy atom. The lowest BCUT2D eigenvalue weighted by molar-refractivity contribution is -0.131. The molecule has 1 aliphatic heterocycles. The predicted octanol–water partition coefficient (Wildman–Crippen LogP) is 1.61. The average molecular weight is 214 g/mol. The highest BCUT2D eigenvalue weighted by Crippen LogP contribution is 2.20. The van der Waals surface area contributed by atoms with Crippen molar-refractivity contribution in [3.05, 3.63) is 0 Å². The van der Waals surface area contributed by atoms with E-state index in [0.29, 0.717) is 6.54 Å². The summed E-state index contributed by atoms with van der Waals surface area (Å²) in [6.45, 7) is 10.4. The molecule has 1 aliphatic rings. The molecule has 0 aromatic carbocycles. The second-order valence-corrected chi connectivity index (χ2v) is 5.18. The van der Waals surface area contributed by atoms with Crippen LogP contribution in [0.25, 0.3) is 0 Å². The van der Waals surface area contributed by atoms with E-state index in [-0.39, 0.29) is 11.7 Å². The number of nitrogens with zero attached hydrogens (tertiary/aromatic N) is 1. The third-order valence-corrected chi connectivity index (χ3v) is 2.89. The zero-order valence-electron chi connectivity index (χ0n) is 10.5. The summed E-state index contributed by atoms with van der Waals surface area (Å²) >= 11 is 0. The third kappa shape index (κ3) is 4.49. The molecule has 0 aromatic heterocycles. The van der Waals surface area contributed by atoms with Crippen LogP contribution < -0.4 is 5.73 Å². The molecule has 1 heterocycles. The van der Waals surface area contributed by atoms with Crippen molar-refractivity contribution < 1.29 is 4.74 Å². The SMILES string of the molecule is CCCCCN1CC(CN)OC(C)(C)C1. The van der Waals surface area contributed by atoms with Gasteiger partial charge in [0.15, 0.2) is 0 Å². The minimum Gasteiger partial charge on any atom is -0.368 e. The molecular formula is C12H26N2O. The van der Waals surface area contributed by atoms with Gasteiger partial charge in [-0.1, -0.05) is 19.8 Å². The Hall–Kier alpha value is -0.120. The Balaban J connectivity index is 2.36. The van der Waals surface area contributed by atoms with E-state index in [4.69, 9.17) is 10.5 Å². The molecule has 0 amide bonds.